The summed E-state index contributed by atoms with van der Waals surface area (Å²) in [6, 6.07) is 67.3. The van der Waals surface area contributed by atoms with E-state index in [0.717, 1.165) is 60.9 Å². The summed E-state index contributed by atoms with van der Waals surface area (Å²) in [4.78, 5) is 2.30. The Morgan fingerprint density at radius 3 is 1.63 bits per heavy atom. The van der Waals surface area contributed by atoms with Crippen LogP contribution < -0.4 is 4.90 Å². The van der Waals surface area contributed by atoms with Crippen molar-refractivity contribution in [1.82, 2.24) is 0 Å². The van der Waals surface area contributed by atoms with Gasteiger partial charge in [0.05, 0.1) is 16.8 Å². The van der Waals surface area contributed by atoms with Gasteiger partial charge in [-0.05, 0) is 75.8 Å². The van der Waals surface area contributed by atoms with Crippen LogP contribution in [0.15, 0.2) is 197 Å². The summed E-state index contributed by atoms with van der Waals surface area (Å²) in [6.07, 6.45) is 0. The summed E-state index contributed by atoms with van der Waals surface area (Å²) in [6.45, 7) is 0. The first kappa shape index (κ1) is 28.9. The normalized spacial score (nSPS) is 13.2. The van der Waals surface area contributed by atoms with E-state index in [9.17, 15) is 0 Å². The number of anilines is 3. The van der Waals surface area contributed by atoms with E-state index >= 15 is 0 Å². The van der Waals surface area contributed by atoms with Gasteiger partial charge in [0.2, 0.25) is 0 Å². The molecule has 0 saturated carbocycles. The standard InChI is InChI=1S/C49H31NO2/c1-2-13-32(14-3-1)49(42-20-8-4-15-36(42)37-16-5-9-21-43(37)49)33-25-27-34(28-26-33)50(35-29-30-40-38-17-6-10-23-45(38)51-47(40)31-35)44-22-12-19-41-39-18-7-11-24-46(39)52-48(41)44/h1-31H. The van der Waals surface area contributed by atoms with Crippen molar-refractivity contribution in [2.75, 3.05) is 4.90 Å². The first-order chi connectivity index (χ1) is 25.8. The largest absolute Gasteiger partial charge is 0.456 e. The zero-order valence-electron chi connectivity index (χ0n) is 28.2. The molecule has 10 aromatic rings. The van der Waals surface area contributed by atoms with Crippen LogP contribution >= 0.6 is 0 Å². The molecule has 8 aromatic carbocycles. The van der Waals surface area contributed by atoms with Crippen LogP contribution in [0.3, 0.4) is 0 Å². The number of para-hydroxylation sites is 3. The van der Waals surface area contributed by atoms with E-state index in [-0.39, 0.29) is 0 Å². The monoisotopic (exact) mass is 665 g/mol. The van der Waals surface area contributed by atoms with E-state index in [1.54, 1.807) is 0 Å². The van der Waals surface area contributed by atoms with Gasteiger partial charge >= 0.3 is 0 Å². The highest BCUT2D eigenvalue weighted by atomic mass is 16.3. The van der Waals surface area contributed by atoms with Crippen molar-refractivity contribution in [3.8, 4) is 11.1 Å². The summed E-state index contributed by atoms with van der Waals surface area (Å²) in [5.74, 6) is 0. The SMILES string of the molecule is c1ccc(C2(c3ccc(N(c4ccc5c(c4)oc4ccccc45)c4cccc5c4oc4ccccc45)cc3)c3ccccc3-c3ccccc32)cc1. The quantitative estimate of drug-likeness (QED) is 0.183. The Hall–Kier alpha value is -6.84. The first-order valence-electron chi connectivity index (χ1n) is 17.8. The first-order valence-corrected chi connectivity index (χ1v) is 17.8. The molecule has 11 rings (SSSR count). The van der Waals surface area contributed by atoms with Crippen LogP contribution in [0.1, 0.15) is 22.3 Å². The molecule has 0 bridgehead atoms. The molecular weight excluding hydrogens is 635 g/mol. The van der Waals surface area contributed by atoms with E-state index in [0.29, 0.717) is 0 Å². The van der Waals surface area contributed by atoms with Crippen LogP contribution in [-0.4, -0.2) is 0 Å². The summed E-state index contributed by atoms with van der Waals surface area (Å²) < 4.78 is 13.1. The number of fused-ring (bicyclic) bond motifs is 9. The van der Waals surface area contributed by atoms with Gasteiger partial charge in [0.25, 0.3) is 0 Å². The fourth-order valence-corrected chi connectivity index (χ4v) is 8.76. The van der Waals surface area contributed by atoms with E-state index in [1.807, 2.05) is 24.3 Å². The van der Waals surface area contributed by atoms with Crippen LogP contribution in [0.4, 0.5) is 17.1 Å². The summed E-state index contributed by atoms with van der Waals surface area (Å²) in [7, 11) is 0. The second-order valence-electron chi connectivity index (χ2n) is 13.6. The van der Waals surface area contributed by atoms with Crippen molar-refractivity contribution in [2.45, 2.75) is 5.41 Å². The zero-order chi connectivity index (χ0) is 34.2. The topological polar surface area (TPSA) is 29.5 Å². The summed E-state index contributed by atoms with van der Waals surface area (Å²) >= 11 is 0. The fourth-order valence-electron chi connectivity index (χ4n) is 8.76. The number of hydrogen-bond donors (Lipinski definition) is 0. The molecule has 0 amide bonds. The van der Waals surface area contributed by atoms with Gasteiger partial charge in [-0.25, -0.2) is 0 Å². The molecule has 1 aliphatic carbocycles. The molecule has 0 unspecified atom stereocenters. The van der Waals surface area contributed by atoms with Crippen molar-refractivity contribution in [2.24, 2.45) is 0 Å². The summed E-state index contributed by atoms with van der Waals surface area (Å²) in [5.41, 5.74) is 13.6. The predicted octanol–water partition coefficient (Wildman–Crippen LogP) is 13.3. The lowest BCUT2D eigenvalue weighted by Crippen LogP contribution is -2.28. The number of rotatable bonds is 5. The van der Waals surface area contributed by atoms with Crippen LogP contribution in [0.5, 0.6) is 0 Å². The van der Waals surface area contributed by atoms with E-state index < -0.39 is 5.41 Å². The Morgan fingerprint density at radius 2 is 0.904 bits per heavy atom. The van der Waals surface area contributed by atoms with E-state index in [1.165, 1.54) is 33.4 Å². The molecule has 3 nitrogen and oxygen atoms in total. The van der Waals surface area contributed by atoms with Gasteiger partial charge in [0.1, 0.15) is 16.7 Å². The lowest BCUT2D eigenvalue weighted by Gasteiger charge is -2.34. The minimum absolute atomic E-state index is 0.469. The third-order valence-corrected chi connectivity index (χ3v) is 11.0. The highest BCUT2D eigenvalue weighted by Gasteiger charge is 2.45. The molecule has 3 heteroatoms. The Bertz CT molecular complexity index is 2920. The molecular formula is C49H31NO2. The molecule has 0 N–H and O–H groups in total. The minimum atomic E-state index is -0.469. The third-order valence-electron chi connectivity index (χ3n) is 11.0. The zero-order valence-corrected chi connectivity index (χ0v) is 28.2. The molecule has 52 heavy (non-hydrogen) atoms. The lowest BCUT2D eigenvalue weighted by atomic mass is 9.68. The maximum absolute atomic E-state index is 6.63. The van der Waals surface area contributed by atoms with E-state index in [4.69, 9.17) is 8.83 Å². The third kappa shape index (κ3) is 4.02. The molecule has 0 atom stereocenters. The Morgan fingerprint density at radius 1 is 0.365 bits per heavy atom. The number of nitrogens with zero attached hydrogens (tertiary/aromatic N) is 1. The second kappa shape index (κ2) is 11.1. The molecule has 244 valence electrons. The minimum Gasteiger partial charge on any atom is -0.456 e. The van der Waals surface area contributed by atoms with Gasteiger partial charge in [-0.3, -0.25) is 0 Å². The lowest BCUT2D eigenvalue weighted by molar-refractivity contribution is 0.667. The fraction of sp³-hybridized carbons (Fsp3) is 0.0204. The predicted molar refractivity (Wildman–Crippen MR) is 213 cm³/mol. The molecule has 0 fully saturated rings. The van der Waals surface area contributed by atoms with Gasteiger partial charge < -0.3 is 13.7 Å². The van der Waals surface area contributed by atoms with Crippen LogP contribution in [-0.2, 0) is 5.41 Å². The highest BCUT2D eigenvalue weighted by Crippen LogP contribution is 2.56. The summed E-state index contributed by atoms with van der Waals surface area (Å²) in [5, 5.41) is 4.40. The molecule has 2 heterocycles. The molecule has 0 spiro atoms. The maximum atomic E-state index is 6.63. The molecule has 0 aliphatic heterocycles. The highest BCUT2D eigenvalue weighted by molar-refractivity contribution is 6.11. The Kier molecular flexibility index (Phi) is 6.17. The van der Waals surface area contributed by atoms with Crippen molar-refractivity contribution in [1.29, 1.82) is 0 Å². The van der Waals surface area contributed by atoms with Crippen molar-refractivity contribution in [3.63, 3.8) is 0 Å². The smallest absolute Gasteiger partial charge is 0.159 e. The number of benzene rings is 8. The van der Waals surface area contributed by atoms with Gasteiger partial charge in [0.15, 0.2) is 5.58 Å². The molecule has 0 saturated heterocycles. The van der Waals surface area contributed by atoms with Gasteiger partial charge in [-0.15, -0.1) is 0 Å². The van der Waals surface area contributed by atoms with Crippen molar-refractivity contribution in [3.05, 3.63) is 210 Å². The number of hydrogen-bond acceptors (Lipinski definition) is 3. The Balaban J connectivity index is 1.15. The number of furan rings is 2. The van der Waals surface area contributed by atoms with E-state index in [2.05, 4.69) is 169 Å². The second-order valence-corrected chi connectivity index (χ2v) is 13.6. The average molecular weight is 666 g/mol. The van der Waals surface area contributed by atoms with Crippen LogP contribution in [0.2, 0.25) is 0 Å². The van der Waals surface area contributed by atoms with Crippen molar-refractivity contribution >= 4 is 60.9 Å². The molecule has 2 aromatic heterocycles. The maximum Gasteiger partial charge on any atom is 0.159 e. The van der Waals surface area contributed by atoms with Gasteiger partial charge in [-0.1, -0.05) is 140 Å². The van der Waals surface area contributed by atoms with Crippen molar-refractivity contribution < 1.29 is 8.83 Å². The average Bonchev–Trinajstić information content (AvgIpc) is 3.87. The van der Waals surface area contributed by atoms with Crippen LogP contribution in [0.25, 0.3) is 55.0 Å². The Labute approximate surface area is 300 Å². The van der Waals surface area contributed by atoms with Crippen LogP contribution in [0, 0.1) is 0 Å². The van der Waals surface area contributed by atoms with Gasteiger partial charge in [0, 0.05) is 33.3 Å². The van der Waals surface area contributed by atoms with Gasteiger partial charge in [-0.2, -0.15) is 0 Å². The molecule has 0 radical (unpaired) electrons. The molecule has 1 aliphatic rings.